The predicted molar refractivity (Wildman–Crippen MR) is 51.6 cm³/mol. The molecule has 0 unspecified atom stereocenters. The van der Waals surface area contributed by atoms with Gasteiger partial charge in [0.05, 0.1) is 11.1 Å². The van der Waals surface area contributed by atoms with Crippen molar-refractivity contribution in [2.24, 2.45) is 0 Å². The Labute approximate surface area is 83.3 Å². The summed E-state index contributed by atoms with van der Waals surface area (Å²) in [6.45, 7) is 0. The average Bonchev–Trinajstić information content (AvgIpc) is 2.43. The Bertz CT molecular complexity index is 528. The van der Waals surface area contributed by atoms with Crippen LogP contribution in [0.4, 0.5) is 0 Å². The van der Waals surface area contributed by atoms with Crippen LogP contribution in [0, 0.1) is 4.84 Å². The molecule has 5 heteroatoms. The Balaban J connectivity index is 2.90. The van der Waals surface area contributed by atoms with Crippen LogP contribution in [-0.4, -0.2) is 10.2 Å². The van der Waals surface area contributed by atoms with Crippen molar-refractivity contribution in [3.8, 4) is 0 Å². The second-order valence-corrected chi connectivity index (χ2v) is 3.18. The molecule has 0 spiro atoms. The molecule has 1 aromatic carbocycles. The number of oxazole rings is 1. The SMILES string of the molecule is O=C(Cl)c1cccc2[nH]c(=S)oc12. The highest BCUT2D eigenvalue weighted by atomic mass is 35.5. The highest BCUT2D eigenvalue weighted by Crippen LogP contribution is 2.19. The van der Waals surface area contributed by atoms with E-state index in [0.717, 1.165) is 0 Å². The van der Waals surface area contributed by atoms with Gasteiger partial charge in [0.15, 0.2) is 5.58 Å². The number of para-hydroxylation sites is 1. The maximum Gasteiger partial charge on any atom is 0.266 e. The lowest BCUT2D eigenvalue weighted by molar-refractivity contribution is 0.108. The summed E-state index contributed by atoms with van der Waals surface area (Å²) < 4.78 is 5.11. The van der Waals surface area contributed by atoms with Gasteiger partial charge in [-0.25, -0.2) is 0 Å². The highest BCUT2D eigenvalue weighted by Gasteiger charge is 2.10. The van der Waals surface area contributed by atoms with E-state index in [9.17, 15) is 4.79 Å². The fraction of sp³-hybridized carbons (Fsp3) is 0. The number of carbonyl (C=O) groups is 1. The van der Waals surface area contributed by atoms with Gasteiger partial charge in [-0.1, -0.05) is 6.07 Å². The lowest BCUT2D eigenvalue weighted by Crippen LogP contribution is -1.87. The molecule has 0 radical (unpaired) electrons. The molecule has 0 saturated heterocycles. The van der Waals surface area contributed by atoms with E-state index in [-0.39, 0.29) is 4.84 Å². The number of halogens is 1. The van der Waals surface area contributed by atoms with E-state index >= 15 is 0 Å². The molecular formula is C8H4ClNO2S. The molecule has 0 bridgehead atoms. The van der Waals surface area contributed by atoms with Gasteiger partial charge in [0, 0.05) is 0 Å². The minimum absolute atomic E-state index is 0.236. The first-order chi connectivity index (χ1) is 6.18. The van der Waals surface area contributed by atoms with Gasteiger partial charge in [0.25, 0.3) is 10.1 Å². The van der Waals surface area contributed by atoms with Crippen LogP contribution in [-0.2, 0) is 0 Å². The minimum Gasteiger partial charge on any atom is -0.429 e. The molecule has 13 heavy (non-hydrogen) atoms. The van der Waals surface area contributed by atoms with E-state index in [1.165, 1.54) is 0 Å². The molecule has 0 aliphatic heterocycles. The number of benzene rings is 1. The third-order valence-corrected chi connectivity index (χ3v) is 2.05. The Kier molecular flexibility index (Phi) is 1.94. The lowest BCUT2D eigenvalue weighted by Gasteiger charge is -1.92. The zero-order valence-electron chi connectivity index (χ0n) is 6.33. The van der Waals surface area contributed by atoms with Crippen LogP contribution < -0.4 is 0 Å². The van der Waals surface area contributed by atoms with Crippen molar-refractivity contribution in [1.82, 2.24) is 4.98 Å². The van der Waals surface area contributed by atoms with E-state index in [2.05, 4.69) is 4.98 Å². The molecule has 2 rings (SSSR count). The van der Waals surface area contributed by atoms with Gasteiger partial charge in [0.1, 0.15) is 0 Å². The summed E-state index contributed by atoms with van der Waals surface area (Å²) in [5.41, 5.74) is 1.41. The predicted octanol–water partition coefficient (Wildman–Crippen LogP) is 2.87. The molecule has 0 aliphatic rings. The quantitative estimate of drug-likeness (QED) is 0.585. The van der Waals surface area contributed by atoms with Crippen molar-refractivity contribution >= 4 is 40.2 Å². The number of hydrogen-bond donors (Lipinski definition) is 1. The van der Waals surface area contributed by atoms with Gasteiger partial charge in [-0.2, -0.15) is 0 Å². The van der Waals surface area contributed by atoms with Crippen LogP contribution in [0.3, 0.4) is 0 Å². The second-order valence-electron chi connectivity index (χ2n) is 2.47. The molecule has 66 valence electrons. The molecule has 0 amide bonds. The van der Waals surface area contributed by atoms with Gasteiger partial charge in [-0.15, -0.1) is 0 Å². The Morgan fingerprint density at radius 2 is 2.31 bits per heavy atom. The maximum absolute atomic E-state index is 10.9. The van der Waals surface area contributed by atoms with Crippen LogP contribution in [0.15, 0.2) is 22.6 Å². The second kappa shape index (κ2) is 2.97. The summed E-state index contributed by atoms with van der Waals surface area (Å²) in [5.74, 6) is 0. The molecule has 1 aromatic heterocycles. The van der Waals surface area contributed by atoms with Crippen molar-refractivity contribution < 1.29 is 9.21 Å². The third kappa shape index (κ3) is 1.38. The fourth-order valence-electron chi connectivity index (χ4n) is 1.13. The summed E-state index contributed by atoms with van der Waals surface area (Å²) in [7, 11) is 0. The van der Waals surface area contributed by atoms with E-state index in [4.69, 9.17) is 28.2 Å². The normalized spacial score (nSPS) is 10.5. The van der Waals surface area contributed by atoms with Crippen molar-refractivity contribution in [3.63, 3.8) is 0 Å². The van der Waals surface area contributed by atoms with Gasteiger partial charge >= 0.3 is 0 Å². The Morgan fingerprint density at radius 1 is 1.54 bits per heavy atom. The zero-order valence-corrected chi connectivity index (χ0v) is 7.91. The summed E-state index contributed by atoms with van der Waals surface area (Å²) in [4.78, 5) is 14.0. The smallest absolute Gasteiger partial charge is 0.266 e. The van der Waals surface area contributed by atoms with E-state index < -0.39 is 5.24 Å². The van der Waals surface area contributed by atoms with Crippen LogP contribution >= 0.6 is 23.8 Å². The number of H-pyrrole nitrogens is 1. The minimum atomic E-state index is -0.552. The fourth-order valence-corrected chi connectivity index (χ4v) is 1.47. The number of hydrogen-bond acceptors (Lipinski definition) is 3. The van der Waals surface area contributed by atoms with Crippen molar-refractivity contribution in [2.45, 2.75) is 0 Å². The largest absolute Gasteiger partial charge is 0.429 e. The molecule has 0 saturated carbocycles. The van der Waals surface area contributed by atoms with Gasteiger partial charge in [0.2, 0.25) is 0 Å². The standard InChI is InChI=1S/C8H4ClNO2S/c9-7(11)4-2-1-3-5-6(4)12-8(13)10-5/h1-3H,(H,10,13). The van der Waals surface area contributed by atoms with Crippen molar-refractivity contribution in [2.75, 3.05) is 0 Å². The number of fused-ring (bicyclic) bond motifs is 1. The molecule has 1 N–H and O–H groups in total. The molecule has 3 nitrogen and oxygen atoms in total. The number of aromatic amines is 1. The van der Waals surface area contributed by atoms with E-state index in [1.807, 2.05) is 0 Å². The van der Waals surface area contributed by atoms with Crippen LogP contribution in [0.2, 0.25) is 0 Å². The Morgan fingerprint density at radius 3 is 3.00 bits per heavy atom. The summed E-state index contributed by atoms with van der Waals surface area (Å²) in [6, 6.07) is 5.06. The number of nitrogens with one attached hydrogen (secondary N) is 1. The number of rotatable bonds is 1. The first-order valence-corrected chi connectivity index (χ1v) is 4.29. The lowest BCUT2D eigenvalue weighted by atomic mass is 10.2. The summed E-state index contributed by atoms with van der Waals surface area (Å²) in [6.07, 6.45) is 0. The molecule has 0 aliphatic carbocycles. The Hall–Kier alpha value is -1.13. The van der Waals surface area contributed by atoms with Crippen LogP contribution in [0.25, 0.3) is 11.1 Å². The van der Waals surface area contributed by atoms with Crippen molar-refractivity contribution in [1.29, 1.82) is 0 Å². The first-order valence-electron chi connectivity index (χ1n) is 3.50. The summed E-state index contributed by atoms with van der Waals surface area (Å²) >= 11 is 10.1. The molecule has 0 atom stereocenters. The van der Waals surface area contributed by atoms with E-state index in [1.54, 1.807) is 18.2 Å². The van der Waals surface area contributed by atoms with Gasteiger partial charge < -0.3 is 9.40 Å². The highest BCUT2D eigenvalue weighted by molar-refractivity contribution is 7.71. The summed E-state index contributed by atoms with van der Waals surface area (Å²) in [5, 5.41) is -0.552. The van der Waals surface area contributed by atoms with Gasteiger partial charge in [-0.05, 0) is 36.0 Å². The average molecular weight is 214 g/mol. The van der Waals surface area contributed by atoms with Crippen LogP contribution in [0.5, 0.6) is 0 Å². The maximum atomic E-state index is 10.9. The van der Waals surface area contributed by atoms with Crippen molar-refractivity contribution in [3.05, 3.63) is 28.6 Å². The number of carbonyl (C=O) groups excluding carboxylic acids is 1. The topological polar surface area (TPSA) is 46.0 Å². The van der Waals surface area contributed by atoms with Gasteiger partial charge in [-0.3, -0.25) is 4.79 Å². The molecular weight excluding hydrogens is 210 g/mol. The number of aromatic nitrogens is 1. The monoisotopic (exact) mass is 213 g/mol. The van der Waals surface area contributed by atoms with E-state index in [0.29, 0.717) is 16.7 Å². The van der Waals surface area contributed by atoms with Crippen LogP contribution in [0.1, 0.15) is 10.4 Å². The molecule has 2 aromatic rings. The molecule has 0 fully saturated rings. The zero-order chi connectivity index (χ0) is 9.42. The first kappa shape index (κ1) is 8.47. The molecule has 1 heterocycles. The third-order valence-electron chi connectivity index (χ3n) is 1.66.